The van der Waals surface area contributed by atoms with Gasteiger partial charge in [-0.3, -0.25) is 4.79 Å². The number of hydrogen-bond acceptors (Lipinski definition) is 4. The summed E-state index contributed by atoms with van der Waals surface area (Å²) in [6.07, 6.45) is 0.615. The van der Waals surface area contributed by atoms with Gasteiger partial charge in [0.2, 0.25) is 5.91 Å². The van der Waals surface area contributed by atoms with E-state index in [9.17, 15) is 13.2 Å². The summed E-state index contributed by atoms with van der Waals surface area (Å²) in [6.45, 7) is 14.8. The highest BCUT2D eigenvalue weighted by atomic mass is 32.2. The Morgan fingerprint density at radius 3 is 2.15 bits per heavy atom. The molecule has 1 fully saturated rings. The first-order valence-electron chi connectivity index (χ1n) is 9.12. The number of aryl methyl sites for hydroxylation is 1. The maximum Gasteiger partial charge on any atom is 0.266 e. The van der Waals surface area contributed by atoms with Gasteiger partial charge in [-0.25, -0.2) is 12.7 Å². The minimum atomic E-state index is -3.84. The zero-order valence-corrected chi connectivity index (χ0v) is 18.7. The largest absolute Gasteiger partial charge is 0.415 e. The van der Waals surface area contributed by atoms with Crippen molar-refractivity contribution in [2.45, 2.75) is 70.1 Å². The SMILES string of the molecule is CCC1C(=O)N(S(=O)(=O)c2ccc(C)cc2)[C@@H]1CO[Si](C)(C)C(C)(C)C. The molecule has 0 aliphatic carbocycles. The lowest BCUT2D eigenvalue weighted by Gasteiger charge is -2.47. The van der Waals surface area contributed by atoms with Gasteiger partial charge in [0.15, 0.2) is 8.32 Å². The van der Waals surface area contributed by atoms with Crippen LogP contribution in [0.4, 0.5) is 0 Å². The molecule has 0 bridgehead atoms. The van der Waals surface area contributed by atoms with E-state index in [0.29, 0.717) is 6.42 Å². The quantitative estimate of drug-likeness (QED) is 0.539. The lowest BCUT2D eigenvalue weighted by molar-refractivity contribution is -0.148. The summed E-state index contributed by atoms with van der Waals surface area (Å²) in [5.74, 6) is -0.614. The van der Waals surface area contributed by atoms with Crippen LogP contribution in [-0.2, 0) is 19.2 Å². The van der Waals surface area contributed by atoms with Gasteiger partial charge in [0.05, 0.1) is 23.5 Å². The average Bonchev–Trinajstić information content (AvgIpc) is 2.50. The molecule has 1 heterocycles. The Morgan fingerprint density at radius 2 is 1.69 bits per heavy atom. The van der Waals surface area contributed by atoms with Crippen LogP contribution in [-0.4, -0.2) is 39.6 Å². The second-order valence-corrected chi connectivity index (χ2v) is 15.2. The molecule has 1 aliphatic heterocycles. The number of β-lactam (4-membered cyclic amide) rings is 1. The van der Waals surface area contributed by atoms with Crippen LogP contribution in [0.15, 0.2) is 29.2 Å². The summed E-state index contributed by atoms with van der Waals surface area (Å²) in [5, 5.41) is 0.0309. The summed E-state index contributed by atoms with van der Waals surface area (Å²) in [7, 11) is -5.87. The molecular weight excluding hydrogens is 366 g/mol. The molecule has 2 atom stereocenters. The Kier molecular flexibility index (Phi) is 5.76. The topological polar surface area (TPSA) is 63.7 Å². The van der Waals surface area contributed by atoms with E-state index in [2.05, 4.69) is 33.9 Å². The van der Waals surface area contributed by atoms with Crippen molar-refractivity contribution in [2.24, 2.45) is 5.92 Å². The number of rotatable bonds is 6. The Morgan fingerprint density at radius 1 is 1.15 bits per heavy atom. The van der Waals surface area contributed by atoms with E-state index in [-0.39, 0.29) is 28.4 Å². The van der Waals surface area contributed by atoms with Crippen LogP contribution in [0.5, 0.6) is 0 Å². The molecule has 5 nitrogen and oxygen atoms in total. The maximum atomic E-state index is 13.0. The first kappa shape index (κ1) is 21.1. The van der Waals surface area contributed by atoms with Crippen LogP contribution < -0.4 is 0 Å². The number of carbonyl (C=O) groups is 1. The summed E-state index contributed by atoms with van der Waals surface area (Å²) < 4.78 is 33.3. The fraction of sp³-hybridized carbons (Fsp3) is 0.632. The van der Waals surface area contributed by atoms with Gasteiger partial charge in [-0.2, -0.15) is 0 Å². The third-order valence-electron chi connectivity index (χ3n) is 5.74. The van der Waals surface area contributed by atoms with E-state index in [4.69, 9.17) is 4.43 Å². The van der Waals surface area contributed by atoms with Gasteiger partial charge in [-0.1, -0.05) is 45.4 Å². The molecule has 1 amide bonds. The van der Waals surface area contributed by atoms with Gasteiger partial charge in [0.25, 0.3) is 10.0 Å². The van der Waals surface area contributed by atoms with E-state index in [0.717, 1.165) is 9.87 Å². The van der Waals surface area contributed by atoms with E-state index < -0.39 is 24.4 Å². The van der Waals surface area contributed by atoms with Crippen molar-refractivity contribution in [1.29, 1.82) is 0 Å². The molecule has 1 unspecified atom stereocenters. The summed E-state index contributed by atoms with van der Waals surface area (Å²) in [5.41, 5.74) is 0.975. The van der Waals surface area contributed by atoms with Crippen molar-refractivity contribution in [3.05, 3.63) is 29.8 Å². The maximum absolute atomic E-state index is 13.0. The zero-order chi connectivity index (χ0) is 19.9. The van der Waals surface area contributed by atoms with Crippen LogP contribution >= 0.6 is 0 Å². The number of sulfonamides is 1. The second-order valence-electron chi connectivity index (χ2n) is 8.61. The number of carbonyl (C=O) groups excluding carboxylic acids is 1. The van der Waals surface area contributed by atoms with Gasteiger partial charge in [-0.15, -0.1) is 0 Å². The van der Waals surface area contributed by atoms with Crippen molar-refractivity contribution < 1.29 is 17.6 Å². The normalized spacial score (nSPS) is 21.7. The Balaban J connectivity index is 2.26. The molecular formula is C19H31NO4SSi. The number of amides is 1. The molecule has 1 aromatic rings. The molecule has 2 rings (SSSR count). The molecule has 0 N–H and O–H groups in total. The van der Waals surface area contributed by atoms with Crippen molar-refractivity contribution in [3.8, 4) is 0 Å². The molecule has 1 aromatic carbocycles. The zero-order valence-electron chi connectivity index (χ0n) is 16.9. The molecule has 146 valence electrons. The predicted octanol–water partition coefficient (Wildman–Crippen LogP) is 3.94. The highest BCUT2D eigenvalue weighted by Gasteiger charge is 2.53. The second kappa shape index (κ2) is 7.09. The minimum Gasteiger partial charge on any atom is -0.415 e. The highest BCUT2D eigenvalue weighted by molar-refractivity contribution is 7.89. The third-order valence-corrected chi connectivity index (χ3v) is 12.1. The molecule has 0 saturated carbocycles. The molecule has 1 saturated heterocycles. The smallest absolute Gasteiger partial charge is 0.266 e. The van der Waals surface area contributed by atoms with E-state index in [1.807, 2.05) is 13.8 Å². The van der Waals surface area contributed by atoms with Crippen molar-refractivity contribution in [2.75, 3.05) is 6.61 Å². The van der Waals surface area contributed by atoms with Gasteiger partial charge in [0.1, 0.15) is 0 Å². The van der Waals surface area contributed by atoms with E-state index in [1.54, 1.807) is 24.3 Å². The van der Waals surface area contributed by atoms with Crippen LogP contribution in [0.2, 0.25) is 18.1 Å². The van der Waals surface area contributed by atoms with Crippen molar-refractivity contribution >= 4 is 24.2 Å². The molecule has 1 aliphatic rings. The fourth-order valence-electron chi connectivity index (χ4n) is 2.83. The molecule has 26 heavy (non-hydrogen) atoms. The van der Waals surface area contributed by atoms with Gasteiger partial charge >= 0.3 is 0 Å². The Hall–Kier alpha value is -1.18. The van der Waals surface area contributed by atoms with Crippen molar-refractivity contribution in [1.82, 2.24) is 4.31 Å². The fourth-order valence-corrected chi connectivity index (χ4v) is 5.50. The lowest BCUT2D eigenvalue weighted by Crippen LogP contribution is -2.65. The Labute approximate surface area is 158 Å². The van der Waals surface area contributed by atoms with Crippen LogP contribution in [0.25, 0.3) is 0 Å². The van der Waals surface area contributed by atoms with Gasteiger partial charge in [0, 0.05) is 0 Å². The first-order chi connectivity index (χ1) is 11.8. The number of hydrogen-bond donors (Lipinski definition) is 0. The predicted molar refractivity (Wildman–Crippen MR) is 106 cm³/mol. The van der Waals surface area contributed by atoms with E-state index >= 15 is 0 Å². The highest BCUT2D eigenvalue weighted by Crippen LogP contribution is 2.40. The van der Waals surface area contributed by atoms with Crippen molar-refractivity contribution in [3.63, 3.8) is 0 Å². The van der Waals surface area contributed by atoms with Crippen LogP contribution in [0, 0.1) is 12.8 Å². The van der Waals surface area contributed by atoms with Gasteiger partial charge in [-0.05, 0) is 43.6 Å². The summed E-state index contributed by atoms with van der Waals surface area (Å²) in [6, 6.07) is 6.19. The summed E-state index contributed by atoms with van der Waals surface area (Å²) in [4.78, 5) is 12.7. The number of benzene rings is 1. The molecule has 7 heteroatoms. The monoisotopic (exact) mass is 397 g/mol. The summed E-state index contributed by atoms with van der Waals surface area (Å²) >= 11 is 0. The van der Waals surface area contributed by atoms with Gasteiger partial charge < -0.3 is 4.43 Å². The average molecular weight is 398 g/mol. The molecule has 0 aromatic heterocycles. The van der Waals surface area contributed by atoms with E-state index in [1.165, 1.54) is 0 Å². The Bertz CT molecular complexity index is 766. The van der Waals surface area contributed by atoms with Crippen LogP contribution in [0.3, 0.4) is 0 Å². The third kappa shape index (κ3) is 3.75. The number of nitrogens with zero attached hydrogens (tertiary/aromatic N) is 1. The minimum absolute atomic E-state index is 0.0309. The lowest BCUT2D eigenvalue weighted by atomic mass is 9.89. The standard InChI is InChI=1S/C19H31NO4SSi/c1-8-16-17(13-24-26(6,7)19(3,4)5)20(18(16)21)25(22,23)15-11-9-14(2)10-12-15/h9-12,16-17H,8,13H2,1-7H3/t16?,17-/m1/s1. The molecule has 0 spiro atoms. The first-order valence-corrected chi connectivity index (χ1v) is 13.5. The van der Waals surface area contributed by atoms with Crippen LogP contribution in [0.1, 0.15) is 39.7 Å². The molecule has 0 radical (unpaired) electrons.